The fourth-order valence-corrected chi connectivity index (χ4v) is 3.77. The van der Waals surface area contributed by atoms with Crippen LogP contribution in [0.4, 0.5) is 4.39 Å². The molecule has 118 valence electrons. The van der Waals surface area contributed by atoms with Crippen molar-refractivity contribution in [1.29, 1.82) is 0 Å². The van der Waals surface area contributed by atoms with Crippen molar-refractivity contribution in [3.05, 3.63) is 35.8 Å². The van der Waals surface area contributed by atoms with E-state index in [0.717, 1.165) is 31.2 Å². The smallest absolute Gasteiger partial charge is 0.170 e. The molecule has 2 N–H and O–H groups in total. The first-order valence-electron chi connectivity index (χ1n) is 8.04. The summed E-state index contributed by atoms with van der Waals surface area (Å²) in [6.07, 6.45) is 4.41. The second kappa shape index (κ2) is 5.84. The zero-order valence-corrected chi connectivity index (χ0v) is 13.2. The Balaban J connectivity index is 2.00. The van der Waals surface area contributed by atoms with Crippen molar-refractivity contribution in [2.24, 2.45) is 11.3 Å². The van der Waals surface area contributed by atoms with E-state index in [2.05, 4.69) is 24.1 Å². The minimum Gasteiger partial charge on any atom is -0.359 e. The number of aromatic nitrogens is 1. The summed E-state index contributed by atoms with van der Waals surface area (Å²) in [5.41, 5.74) is 0.563. The molecule has 2 heterocycles. The molecule has 1 aliphatic rings. The van der Waals surface area contributed by atoms with E-state index in [1.54, 1.807) is 6.20 Å². The number of rotatable bonds is 4. The van der Waals surface area contributed by atoms with Gasteiger partial charge in [0.1, 0.15) is 5.82 Å². The van der Waals surface area contributed by atoms with Crippen LogP contribution >= 0.6 is 0 Å². The minimum atomic E-state index is -0.400. The van der Waals surface area contributed by atoms with E-state index in [4.69, 9.17) is 0 Å². The van der Waals surface area contributed by atoms with E-state index < -0.39 is 5.41 Å². The van der Waals surface area contributed by atoms with Gasteiger partial charge in [0.2, 0.25) is 0 Å². The summed E-state index contributed by atoms with van der Waals surface area (Å²) in [6.45, 7) is 5.92. The number of nitrogens with one attached hydrogen (secondary N) is 2. The van der Waals surface area contributed by atoms with E-state index in [9.17, 15) is 9.18 Å². The first-order chi connectivity index (χ1) is 10.5. The van der Waals surface area contributed by atoms with Crippen molar-refractivity contribution in [2.45, 2.75) is 33.1 Å². The van der Waals surface area contributed by atoms with Gasteiger partial charge >= 0.3 is 0 Å². The number of H-pyrrole nitrogens is 1. The Kier molecular flexibility index (Phi) is 4.04. The lowest BCUT2D eigenvalue weighted by atomic mass is 9.69. The molecule has 1 unspecified atom stereocenters. The molecule has 1 saturated heterocycles. The Bertz CT molecular complexity index is 683. The van der Waals surface area contributed by atoms with Crippen molar-refractivity contribution in [3.8, 4) is 0 Å². The number of carbonyl (C=O) groups is 1. The zero-order valence-electron chi connectivity index (χ0n) is 13.2. The number of Topliss-reactive ketones (excluding diaryl/α,β-unsaturated/α-hetero) is 1. The molecule has 0 aliphatic carbocycles. The summed E-state index contributed by atoms with van der Waals surface area (Å²) >= 11 is 0. The molecule has 0 spiro atoms. The highest BCUT2D eigenvalue weighted by Gasteiger charge is 2.40. The standard InChI is InChI=1S/C18H23FN2O/c1-12(2)10-18(5-3-6-20-11-18)17(22)14-8-13-4-7-21-16(13)15(19)9-14/h4,7-9,12,20-21H,3,5-6,10-11H2,1-2H3. The third-order valence-electron chi connectivity index (χ3n) is 4.63. The summed E-state index contributed by atoms with van der Waals surface area (Å²) in [7, 11) is 0. The van der Waals surface area contributed by atoms with Crippen LogP contribution in [0.2, 0.25) is 0 Å². The number of ketones is 1. The third kappa shape index (κ3) is 2.68. The molecule has 1 aromatic heterocycles. The molecule has 1 aliphatic heterocycles. The maximum atomic E-state index is 14.2. The second-order valence-corrected chi connectivity index (χ2v) is 6.89. The van der Waals surface area contributed by atoms with E-state index >= 15 is 0 Å². The summed E-state index contributed by atoms with van der Waals surface area (Å²) < 4.78 is 14.2. The van der Waals surface area contributed by atoms with Crippen molar-refractivity contribution in [3.63, 3.8) is 0 Å². The molecule has 1 aromatic carbocycles. The zero-order chi connectivity index (χ0) is 15.7. The highest BCUT2D eigenvalue weighted by atomic mass is 19.1. The van der Waals surface area contributed by atoms with Crippen LogP contribution in [-0.2, 0) is 0 Å². The first-order valence-corrected chi connectivity index (χ1v) is 8.04. The van der Waals surface area contributed by atoms with Crippen molar-refractivity contribution in [1.82, 2.24) is 10.3 Å². The molecule has 1 fully saturated rings. The van der Waals surface area contributed by atoms with Crippen molar-refractivity contribution >= 4 is 16.7 Å². The van der Waals surface area contributed by atoms with Crippen LogP contribution in [0.5, 0.6) is 0 Å². The number of aromatic amines is 1. The Morgan fingerprint density at radius 2 is 2.23 bits per heavy atom. The summed E-state index contributed by atoms with van der Waals surface area (Å²) in [6, 6.07) is 5.01. The molecule has 0 radical (unpaired) electrons. The van der Waals surface area contributed by atoms with Gasteiger partial charge in [-0.05, 0) is 49.9 Å². The maximum absolute atomic E-state index is 14.2. The van der Waals surface area contributed by atoms with E-state index in [-0.39, 0.29) is 11.6 Å². The topological polar surface area (TPSA) is 44.9 Å². The minimum absolute atomic E-state index is 0.0791. The number of piperidine rings is 1. The van der Waals surface area contributed by atoms with Gasteiger partial charge in [-0.1, -0.05) is 13.8 Å². The second-order valence-electron chi connectivity index (χ2n) is 6.89. The predicted octanol–water partition coefficient (Wildman–Crippen LogP) is 3.91. The van der Waals surface area contributed by atoms with Gasteiger partial charge in [0.25, 0.3) is 0 Å². The van der Waals surface area contributed by atoms with Gasteiger partial charge in [0.05, 0.1) is 5.52 Å². The molecular weight excluding hydrogens is 279 g/mol. The van der Waals surface area contributed by atoms with Crippen LogP contribution in [0.25, 0.3) is 10.9 Å². The van der Waals surface area contributed by atoms with Crippen LogP contribution < -0.4 is 5.32 Å². The lowest BCUT2D eigenvalue weighted by molar-refractivity contribution is 0.0689. The Morgan fingerprint density at radius 1 is 1.41 bits per heavy atom. The van der Waals surface area contributed by atoms with Gasteiger partial charge in [-0.25, -0.2) is 4.39 Å². The van der Waals surface area contributed by atoms with Crippen LogP contribution in [0, 0.1) is 17.2 Å². The monoisotopic (exact) mass is 302 g/mol. The predicted molar refractivity (Wildman–Crippen MR) is 86.6 cm³/mol. The van der Waals surface area contributed by atoms with Crippen LogP contribution in [0.3, 0.4) is 0 Å². The lowest BCUT2D eigenvalue weighted by Crippen LogP contribution is -2.46. The normalized spacial score (nSPS) is 22.4. The average molecular weight is 302 g/mol. The number of hydrogen-bond acceptors (Lipinski definition) is 2. The van der Waals surface area contributed by atoms with Crippen molar-refractivity contribution < 1.29 is 9.18 Å². The number of benzene rings is 1. The van der Waals surface area contributed by atoms with Crippen LogP contribution in [0.15, 0.2) is 24.4 Å². The molecular formula is C18H23FN2O. The third-order valence-corrected chi connectivity index (χ3v) is 4.63. The van der Waals surface area contributed by atoms with Crippen molar-refractivity contribution in [2.75, 3.05) is 13.1 Å². The molecule has 4 heteroatoms. The van der Waals surface area contributed by atoms with Crippen LogP contribution in [-0.4, -0.2) is 23.9 Å². The quantitative estimate of drug-likeness (QED) is 0.841. The molecule has 2 aromatic rings. The van der Waals surface area contributed by atoms with E-state index in [1.165, 1.54) is 6.07 Å². The van der Waals surface area contributed by atoms with Gasteiger partial charge in [0, 0.05) is 29.1 Å². The van der Waals surface area contributed by atoms with Gasteiger partial charge in [-0.3, -0.25) is 4.79 Å². The summed E-state index contributed by atoms with van der Waals surface area (Å²) in [5.74, 6) is 0.161. The fraction of sp³-hybridized carbons (Fsp3) is 0.500. The molecule has 0 saturated carbocycles. The van der Waals surface area contributed by atoms with Gasteiger partial charge in [-0.15, -0.1) is 0 Å². The highest BCUT2D eigenvalue weighted by molar-refractivity contribution is 6.03. The lowest BCUT2D eigenvalue weighted by Gasteiger charge is -2.37. The fourth-order valence-electron chi connectivity index (χ4n) is 3.77. The molecule has 3 nitrogen and oxygen atoms in total. The first kappa shape index (κ1) is 15.2. The summed E-state index contributed by atoms with van der Waals surface area (Å²) in [4.78, 5) is 16.0. The largest absolute Gasteiger partial charge is 0.359 e. The molecule has 3 rings (SSSR count). The number of hydrogen-bond donors (Lipinski definition) is 2. The summed E-state index contributed by atoms with van der Waals surface area (Å²) in [5, 5.41) is 4.11. The number of halogens is 1. The number of carbonyl (C=O) groups excluding carboxylic acids is 1. The van der Waals surface area contributed by atoms with E-state index in [1.807, 2.05) is 12.1 Å². The van der Waals surface area contributed by atoms with Gasteiger partial charge in [0.15, 0.2) is 5.78 Å². The number of fused-ring (bicyclic) bond motifs is 1. The Hall–Kier alpha value is -1.68. The molecule has 1 atom stereocenters. The van der Waals surface area contributed by atoms with E-state index in [0.29, 0.717) is 23.5 Å². The Morgan fingerprint density at radius 3 is 2.91 bits per heavy atom. The molecule has 0 bridgehead atoms. The van der Waals surface area contributed by atoms with Gasteiger partial charge in [-0.2, -0.15) is 0 Å². The van der Waals surface area contributed by atoms with Gasteiger partial charge < -0.3 is 10.3 Å². The average Bonchev–Trinajstić information content (AvgIpc) is 2.95. The Labute approximate surface area is 130 Å². The molecule has 22 heavy (non-hydrogen) atoms. The maximum Gasteiger partial charge on any atom is 0.170 e. The SMILES string of the molecule is CC(C)CC1(C(=O)c2cc(F)c3[nH]ccc3c2)CCCNC1. The van der Waals surface area contributed by atoms with Crippen LogP contribution in [0.1, 0.15) is 43.5 Å². The highest BCUT2D eigenvalue weighted by Crippen LogP contribution is 2.37. The molecule has 0 amide bonds.